The summed E-state index contributed by atoms with van der Waals surface area (Å²) in [6.45, 7) is 8.25. The molecule has 0 aromatic carbocycles. The Labute approximate surface area is 70.3 Å². The second-order valence-corrected chi connectivity index (χ2v) is 2.10. The highest BCUT2D eigenvalue weighted by molar-refractivity contribution is 4.76. The van der Waals surface area contributed by atoms with E-state index >= 15 is 0 Å². The molecule has 0 saturated carbocycles. The summed E-state index contributed by atoms with van der Waals surface area (Å²) < 4.78 is 2.06. The maximum Gasteiger partial charge on any atom is 0.0948 e. The molecule has 1 heterocycles. The van der Waals surface area contributed by atoms with Crippen LogP contribution in [0.5, 0.6) is 0 Å². The summed E-state index contributed by atoms with van der Waals surface area (Å²) in [4.78, 5) is 3.91. The average molecular weight is 156 g/mol. The van der Waals surface area contributed by atoms with Crippen LogP contribution in [-0.4, -0.2) is 9.55 Å². The van der Waals surface area contributed by atoms with Gasteiger partial charge in [0.15, 0.2) is 0 Å². The van der Waals surface area contributed by atoms with Crippen LogP contribution in [0.1, 0.15) is 41.2 Å². The van der Waals surface area contributed by atoms with Crippen LogP contribution < -0.4 is 0 Å². The molecule has 0 spiro atoms. The van der Waals surface area contributed by atoms with E-state index in [1.807, 2.05) is 26.4 Å². The van der Waals surface area contributed by atoms with E-state index in [9.17, 15) is 0 Å². The van der Waals surface area contributed by atoms with Gasteiger partial charge in [0.05, 0.1) is 6.33 Å². The van der Waals surface area contributed by atoms with Crippen LogP contribution >= 0.6 is 0 Å². The molecule has 0 fully saturated rings. The third-order valence-corrected chi connectivity index (χ3v) is 1.12. The van der Waals surface area contributed by atoms with Gasteiger partial charge in [-0.1, -0.05) is 21.3 Å². The second kappa shape index (κ2) is 7.32. The van der Waals surface area contributed by atoms with Crippen molar-refractivity contribution in [3.63, 3.8) is 0 Å². The molecule has 1 aromatic heterocycles. The largest absolute Gasteiger partial charge is 0.335 e. The number of hydrogen-bond acceptors (Lipinski definition) is 1. The summed E-state index contributed by atoms with van der Waals surface area (Å²) in [6.07, 6.45) is 5.58. The first-order valence-corrected chi connectivity index (χ1v) is 3.78. The normalized spacial score (nSPS) is 8.09. The fourth-order valence-corrected chi connectivity index (χ4v) is 0.575. The van der Waals surface area contributed by atoms with Gasteiger partial charge in [0.1, 0.15) is 0 Å². The lowest BCUT2D eigenvalue weighted by Gasteiger charge is -2.02. The van der Waals surface area contributed by atoms with Crippen molar-refractivity contribution in [2.75, 3.05) is 0 Å². The number of nitrogens with zero attached hydrogens (tertiary/aromatic N) is 2. The van der Waals surface area contributed by atoms with Gasteiger partial charge in [-0.05, 0) is 13.8 Å². The summed E-state index contributed by atoms with van der Waals surface area (Å²) in [5, 5.41) is 0. The molecule has 66 valence electrons. The minimum Gasteiger partial charge on any atom is -0.335 e. The molecule has 0 aliphatic rings. The van der Waals surface area contributed by atoms with Gasteiger partial charge in [0.2, 0.25) is 0 Å². The molecule has 0 saturated heterocycles. The zero-order chi connectivity index (χ0) is 7.98. The molecule has 0 atom stereocenters. The predicted octanol–water partition coefficient (Wildman–Crippen LogP) is 3.13. The quantitative estimate of drug-likeness (QED) is 0.611. The Balaban J connectivity index is 0. The topological polar surface area (TPSA) is 17.8 Å². The zero-order valence-corrected chi connectivity index (χ0v) is 7.20. The monoisotopic (exact) mass is 156 g/mol. The summed E-state index contributed by atoms with van der Waals surface area (Å²) in [5.74, 6) is 0. The minimum atomic E-state index is 0. The second-order valence-electron chi connectivity index (χ2n) is 2.10. The first-order chi connectivity index (χ1) is 4.80. The minimum absolute atomic E-state index is 0. The van der Waals surface area contributed by atoms with Gasteiger partial charge >= 0.3 is 0 Å². The molecule has 11 heavy (non-hydrogen) atoms. The van der Waals surface area contributed by atoms with Gasteiger partial charge in [-0.25, -0.2) is 4.98 Å². The van der Waals surface area contributed by atoms with Crippen molar-refractivity contribution >= 4 is 0 Å². The van der Waals surface area contributed by atoms with Gasteiger partial charge in [-0.3, -0.25) is 0 Å². The molecule has 0 radical (unpaired) electrons. The first kappa shape index (κ1) is 12.8. The van der Waals surface area contributed by atoms with Gasteiger partial charge < -0.3 is 4.57 Å². The zero-order valence-electron chi connectivity index (χ0n) is 7.20. The van der Waals surface area contributed by atoms with Crippen molar-refractivity contribution in [1.29, 1.82) is 0 Å². The van der Waals surface area contributed by atoms with Gasteiger partial charge in [-0.15, -0.1) is 0 Å². The highest BCUT2D eigenvalue weighted by Crippen LogP contribution is 1.99. The van der Waals surface area contributed by atoms with Crippen LogP contribution in [0.25, 0.3) is 0 Å². The fourth-order valence-electron chi connectivity index (χ4n) is 0.575. The summed E-state index contributed by atoms with van der Waals surface area (Å²) in [6, 6.07) is 0.539. The highest BCUT2D eigenvalue weighted by Gasteiger charge is 1.90. The lowest BCUT2D eigenvalue weighted by molar-refractivity contribution is 0.600. The van der Waals surface area contributed by atoms with Crippen molar-refractivity contribution in [2.45, 2.75) is 41.2 Å². The SMILES string of the molecule is C.CC.CC(C)n1ccnc1. The van der Waals surface area contributed by atoms with E-state index in [1.165, 1.54) is 0 Å². The average Bonchev–Trinajstić information content (AvgIpc) is 2.42. The van der Waals surface area contributed by atoms with Crippen LogP contribution in [0.3, 0.4) is 0 Å². The fraction of sp³-hybridized carbons (Fsp3) is 0.667. The molecule has 2 nitrogen and oxygen atoms in total. The van der Waals surface area contributed by atoms with Crippen molar-refractivity contribution in [1.82, 2.24) is 9.55 Å². The third-order valence-electron chi connectivity index (χ3n) is 1.12. The molecule has 0 N–H and O–H groups in total. The number of hydrogen-bond donors (Lipinski definition) is 0. The maximum absolute atomic E-state index is 3.91. The summed E-state index contributed by atoms with van der Waals surface area (Å²) in [5.41, 5.74) is 0. The molecule has 0 aliphatic carbocycles. The maximum atomic E-state index is 3.91. The molecule has 0 unspecified atom stereocenters. The van der Waals surface area contributed by atoms with Crippen LogP contribution in [0, 0.1) is 0 Å². The summed E-state index contributed by atoms with van der Waals surface area (Å²) in [7, 11) is 0. The van der Waals surface area contributed by atoms with Crippen molar-refractivity contribution in [3.8, 4) is 0 Å². The van der Waals surface area contributed by atoms with E-state index < -0.39 is 0 Å². The molecule has 0 aliphatic heterocycles. The van der Waals surface area contributed by atoms with E-state index in [0.29, 0.717) is 6.04 Å². The van der Waals surface area contributed by atoms with E-state index in [1.54, 1.807) is 6.20 Å². The predicted molar refractivity (Wildman–Crippen MR) is 50.7 cm³/mol. The molecular weight excluding hydrogens is 136 g/mol. The Kier molecular flexibility index (Phi) is 8.55. The van der Waals surface area contributed by atoms with Gasteiger partial charge in [0, 0.05) is 18.4 Å². The van der Waals surface area contributed by atoms with E-state index in [-0.39, 0.29) is 7.43 Å². The van der Waals surface area contributed by atoms with Crippen LogP contribution in [0.4, 0.5) is 0 Å². The highest BCUT2D eigenvalue weighted by atomic mass is 15.0. The smallest absolute Gasteiger partial charge is 0.0948 e. The molecule has 1 aromatic rings. The Bertz CT molecular complexity index is 143. The van der Waals surface area contributed by atoms with Crippen LogP contribution in [-0.2, 0) is 0 Å². The Morgan fingerprint density at radius 3 is 2.00 bits per heavy atom. The standard InChI is InChI=1S/C6H10N2.C2H6.CH4/c1-6(2)8-4-3-7-5-8;1-2;/h3-6H,1-2H3;1-2H3;1H4. The van der Waals surface area contributed by atoms with E-state index in [0.717, 1.165) is 0 Å². The Morgan fingerprint density at radius 2 is 1.82 bits per heavy atom. The molecule has 0 amide bonds. The lowest BCUT2D eigenvalue weighted by atomic mass is 10.4. The summed E-state index contributed by atoms with van der Waals surface area (Å²) >= 11 is 0. The van der Waals surface area contributed by atoms with E-state index in [2.05, 4.69) is 23.4 Å². The van der Waals surface area contributed by atoms with Gasteiger partial charge in [0.25, 0.3) is 0 Å². The van der Waals surface area contributed by atoms with Crippen molar-refractivity contribution in [2.24, 2.45) is 0 Å². The van der Waals surface area contributed by atoms with E-state index in [4.69, 9.17) is 0 Å². The van der Waals surface area contributed by atoms with Gasteiger partial charge in [-0.2, -0.15) is 0 Å². The van der Waals surface area contributed by atoms with Crippen LogP contribution in [0.15, 0.2) is 18.7 Å². The lowest BCUT2D eigenvalue weighted by Crippen LogP contribution is -1.95. The van der Waals surface area contributed by atoms with Crippen LogP contribution in [0.2, 0.25) is 0 Å². The number of aromatic nitrogens is 2. The Morgan fingerprint density at radius 1 is 1.27 bits per heavy atom. The molecule has 2 heteroatoms. The van der Waals surface area contributed by atoms with Crippen molar-refractivity contribution in [3.05, 3.63) is 18.7 Å². The number of imidazole rings is 1. The molecular formula is C9H20N2. The Hall–Kier alpha value is -0.790. The first-order valence-electron chi connectivity index (χ1n) is 3.78. The third kappa shape index (κ3) is 4.59. The molecule has 0 bridgehead atoms. The van der Waals surface area contributed by atoms with Crippen molar-refractivity contribution < 1.29 is 0 Å². The molecule has 1 rings (SSSR count). The number of rotatable bonds is 1.